The molecule has 3 heterocycles. The number of aliphatic hydroxyl groups excluding tert-OH is 1. The maximum Gasteiger partial charge on any atom is 0.334 e. The molecule has 0 saturated carbocycles. The number of hydrogen-bond donors (Lipinski definition) is 3. The third-order valence-corrected chi connectivity index (χ3v) is 5.53. The lowest BCUT2D eigenvalue weighted by Gasteiger charge is -2.32. The molecule has 1 aromatic carbocycles. The molecule has 0 aliphatic carbocycles. The Labute approximate surface area is 197 Å². The Morgan fingerprint density at radius 1 is 1.31 bits per heavy atom. The van der Waals surface area contributed by atoms with Crippen molar-refractivity contribution in [2.24, 2.45) is 0 Å². The van der Waals surface area contributed by atoms with E-state index in [1.54, 1.807) is 13.1 Å². The number of nitro benzene ring substituents is 1. The summed E-state index contributed by atoms with van der Waals surface area (Å²) in [4.78, 5) is 44.9. The molecule has 1 fully saturated rings. The summed E-state index contributed by atoms with van der Waals surface area (Å²) in [6, 6.07) is 4.68. The third-order valence-electron chi connectivity index (χ3n) is 5.53. The smallest absolute Gasteiger partial charge is 0.334 e. The molecule has 0 spiro atoms. The van der Waals surface area contributed by atoms with Gasteiger partial charge in [0.2, 0.25) is 6.29 Å². The topological polar surface area (TPSA) is 182 Å². The molecule has 3 atom stereocenters. The molecule has 1 amide bonds. The number of rotatable bonds is 6. The number of non-ortho nitro benzene ring substituents is 1. The lowest BCUT2D eigenvalue weighted by Crippen LogP contribution is -2.42. The van der Waals surface area contributed by atoms with Crippen LogP contribution in [0.1, 0.15) is 12.8 Å². The van der Waals surface area contributed by atoms with Gasteiger partial charge in [0.15, 0.2) is 11.8 Å². The molecule has 3 N–H and O–H groups in total. The fourth-order valence-corrected chi connectivity index (χ4v) is 3.79. The van der Waals surface area contributed by atoms with Gasteiger partial charge in [-0.05, 0) is 12.1 Å². The molecule has 1 saturated heterocycles. The van der Waals surface area contributed by atoms with Gasteiger partial charge in [0.25, 0.3) is 5.69 Å². The number of hydrogen-bond acceptors (Lipinski definition) is 10. The molecule has 2 aromatic heterocycles. The van der Waals surface area contributed by atoms with E-state index >= 15 is 0 Å². The summed E-state index contributed by atoms with van der Waals surface area (Å²) in [7, 11) is 3.08. The van der Waals surface area contributed by atoms with Crippen molar-refractivity contribution in [3.05, 3.63) is 46.9 Å². The molecule has 0 radical (unpaired) electrons. The van der Waals surface area contributed by atoms with Crippen LogP contribution >= 0.6 is 0 Å². The lowest BCUT2D eigenvalue weighted by atomic mass is 10.1. The van der Waals surface area contributed by atoms with Gasteiger partial charge in [-0.15, -0.1) is 0 Å². The zero-order chi connectivity index (χ0) is 25.3. The lowest BCUT2D eigenvalue weighted by molar-refractivity contribution is -0.384. The van der Waals surface area contributed by atoms with E-state index in [2.05, 4.69) is 15.3 Å². The first-order valence-corrected chi connectivity index (χ1v) is 10.5. The van der Waals surface area contributed by atoms with Gasteiger partial charge in [-0.25, -0.2) is 19.6 Å². The second-order valence-electron chi connectivity index (χ2n) is 7.78. The minimum absolute atomic E-state index is 0.0240. The maximum atomic E-state index is 13.4. The number of ether oxygens (including phenoxy) is 2. The van der Waals surface area contributed by atoms with Crippen molar-refractivity contribution in [1.29, 1.82) is 0 Å². The average Bonchev–Trinajstić information content (AvgIpc) is 3.27. The summed E-state index contributed by atoms with van der Waals surface area (Å²) in [6.45, 7) is 0. The average molecular weight is 486 g/mol. The number of carbonyl (C=O) groups is 2. The highest BCUT2D eigenvalue weighted by Crippen LogP contribution is 2.35. The first kappa shape index (κ1) is 23.8. The number of aliphatic hydroxyl groups is 1. The number of amides is 1. The first-order valence-electron chi connectivity index (χ1n) is 10.5. The van der Waals surface area contributed by atoms with Crippen LogP contribution in [0.2, 0.25) is 0 Å². The van der Waals surface area contributed by atoms with E-state index in [-0.39, 0.29) is 30.0 Å². The van der Waals surface area contributed by atoms with Gasteiger partial charge in [-0.2, -0.15) is 0 Å². The van der Waals surface area contributed by atoms with E-state index in [0.717, 1.165) is 11.0 Å². The van der Waals surface area contributed by atoms with Crippen molar-refractivity contribution >= 4 is 40.2 Å². The fourth-order valence-electron chi connectivity index (χ4n) is 3.79. The number of fused-ring (bicyclic) bond motifs is 1. The second kappa shape index (κ2) is 9.52. The van der Waals surface area contributed by atoms with E-state index in [1.807, 2.05) is 0 Å². The number of aromatic nitrogens is 3. The molecule has 0 bridgehead atoms. The molecule has 184 valence electrons. The van der Waals surface area contributed by atoms with Gasteiger partial charge in [0.1, 0.15) is 17.9 Å². The highest BCUT2D eigenvalue weighted by molar-refractivity contribution is 6.01. The number of carboxylic acids is 1. The SMILES string of the molecule is CNc1ncnc2c1ccn2C(=O)N(C)c1cc([N+](=O)[O-])ccc1O[C@H]1C[C@@H](O)C[C@@H](C(=O)O)O1. The van der Waals surface area contributed by atoms with Crippen LogP contribution in [0, 0.1) is 10.1 Å². The van der Waals surface area contributed by atoms with Crippen LogP contribution in [-0.2, 0) is 9.53 Å². The Kier molecular flexibility index (Phi) is 6.48. The minimum atomic E-state index is -1.28. The van der Waals surface area contributed by atoms with Crippen molar-refractivity contribution in [2.75, 3.05) is 24.3 Å². The molecule has 3 aromatic rings. The Balaban J connectivity index is 1.69. The quantitative estimate of drug-likeness (QED) is 0.341. The number of nitrogens with zero attached hydrogens (tertiary/aromatic N) is 5. The van der Waals surface area contributed by atoms with E-state index in [4.69, 9.17) is 9.47 Å². The van der Waals surface area contributed by atoms with Crippen molar-refractivity contribution in [3.8, 4) is 5.75 Å². The predicted molar refractivity (Wildman–Crippen MR) is 122 cm³/mol. The Bertz CT molecular complexity index is 1290. The largest absolute Gasteiger partial charge is 0.479 e. The molecular weight excluding hydrogens is 464 g/mol. The number of anilines is 2. The monoisotopic (exact) mass is 486 g/mol. The van der Waals surface area contributed by atoms with Crippen LogP contribution in [0.15, 0.2) is 36.8 Å². The van der Waals surface area contributed by atoms with Crippen molar-refractivity contribution in [2.45, 2.75) is 31.3 Å². The van der Waals surface area contributed by atoms with Crippen LogP contribution < -0.4 is 15.0 Å². The van der Waals surface area contributed by atoms with Crippen molar-refractivity contribution in [1.82, 2.24) is 14.5 Å². The number of aliphatic carboxylic acids is 1. The van der Waals surface area contributed by atoms with Gasteiger partial charge < -0.3 is 25.0 Å². The molecule has 35 heavy (non-hydrogen) atoms. The fraction of sp³-hybridized carbons (Fsp3) is 0.333. The summed E-state index contributed by atoms with van der Waals surface area (Å²) >= 11 is 0. The number of benzene rings is 1. The number of carboxylic acid groups (broad SMARTS) is 1. The van der Waals surface area contributed by atoms with Crippen LogP contribution in [-0.4, -0.2) is 74.3 Å². The highest BCUT2D eigenvalue weighted by Gasteiger charge is 2.35. The normalized spacial score (nSPS) is 19.8. The molecule has 4 rings (SSSR count). The standard InChI is InChI=1S/C21H22N6O8/c1-22-18-13-5-6-26(19(13)24-10-23-18)21(31)25(2)14-7-11(27(32)33)3-4-15(14)34-17-9-12(28)8-16(35-17)20(29)30/h3-7,10,12,16-17,28H,8-9H2,1-2H3,(H,29,30)(H,22,23,24)/t12-,16-,17+/m0/s1. The molecule has 1 aliphatic heterocycles. The highest BCUT2D eigenvalue weighted by atomic mass is 16.7. The second-order valence-corrected chi connectivity index (χ2v) is 7.78. The van der Waals surface area contributed by atoms with Crippen LogP contribution in [0.25, 0.3) is 11.0 Å². The summed E-state index contributed by atoms with van der Waals surface area (Å²) in [5.74, 6) is -0.711. The van der Waals surface area contributed by atoms with E-state index in [9.17, 15) is 29.9 Å². The van der Waals surface area contributed by atoms with Gasteiger partial charge in [0, 0.05) is 45.3 Å². The summed E-state index contributed by atoms with van der Waals surface area (Å²) < 4.78 is 12.4. The van der Waals surface area contributed by atoms with E-state index < -0.39 is 35.4 Å². The van der Waals surface area contributed by atoms with Gasteiger partial charge in [-0.1, -0.05) is 0 Å². The molecular formula is C21H22N6O8. The number of nitro groups is 1. The van der Waals surface area contributed by atoms with Crippen LogP contribution in [0.3, 0.4) is 0 Å². The zero-order valence-corrected chi connectivity index (χ0v) is 18.7. The molecule has 0 unspecified atom stereocenters. The summed E-state index contributed by atoms with van der Waals surface area (Å²) in [5, 5.41) is 34.2. The summed E-state index contributed by atoms with van der Waals surface area (Å²) in [5.41, 5.74) is 0.0544. The zero-order valence-electron chi connectivity index (χ0n) is 18.7. The Hall–Kier alpha value is -4.30. The molecule has 14 nitrogen and oxygen atoms in total. The van der Waals surface area contributed by atoms with Gasteiger partial charge in [-0.3, -0.25) is 19.6 Å². The predicted octanol–water partition coefficient (Wildman–Crippen LogP) is 1.82. The minimum Gasteiger partial charge on any atom is -0.479 e. The summed E-state index contributed by atoms with van der Waals surface area (Å²) in [6.07, 6.45) is -0.747. The molecule has 14 heteroatoms. The number of nitrogens with one attached hydrogen (secondary N) is 1. The van der Waals surface area contributed by atoms with Crippen molar-refractivity contribution in [3.63, 3.8) is 0 Å². The number of carbonyl (C=O) groups excluding carboxylic acids is 1. The van der Waals surface area contributed by atoms with Gasteiger partial charge in [0.05, 0.1) is 22.1 Å². The maximum absolute atomic E-state index is 13.4. The third kappa shape index (κ3) is 4.69. The first-order chi connectivity index (χ1) is 16.7. The van der Waals surface area contributed by atoms with E-state index in [1.165, 1.54) is 36.3 Å². The molecule has 1 aliphatic rings. The Morgan fingerprint density at radius 2 is 2.09 bits per heavy atom. The van der Waals surface area contributed by atoms with Crippen LogP contribution in [0.5, 0.6) is 5.75 Å². The Morgan fingerprint density at radius 3 is 2.77 bits per heavy atom. The van der Waals surface area contributed by atoms with Crippen molar-refractivity contribution < 1.29 is 34.2 Å². The van der Waals surface area contributed by atoms with Gasteiger partial charge >= 0.3 is 12.0 Å². The van der Waals surface area contributed by atoms with E-state index in [0.29, 0.717) is 16.9 Å². The van der Waals surface area contributed by atoms with Crippen LogP contribution in [0.4, 0.5) is 22.0 Å².